The number of nitriles is 1. The Morgan fingerprint density at radius 2 is 2.21 bits per heavy atom. The number of carbonyl (C=O) groups is 1. The summed E-state index contributed by atoms with van der Waals surface area (Å²) in [5, 5.41) is 8.94. The number of hydrogen-bond donors (Lipinski definition) is 0. The Balaban J connectivity index is 3.29. The van der Waals surface area contributed by atoms with Gasteiger partial charge >= 0.3 is 12.6 Å². The molecule has 0 saturated heterocycles. The van der Waals surface area contributed by atoms with Crippen LogP contribution in [0.5, 0.6) is 5.75 Å². The Bertz CT molecular complexity index is 514. The maximum Gasteiger partial charge on any atom is 0.387 e. The Morgan fingerprint density at radius 1 is 1.53 bits per heavy atom. The lowest BCUT2D eigenvalue weighted by atomic mass is 10.0. The van der Waals surface area contributed by atoms with Gasteiger partial charge in [-0.3, -0.25) is 0 Å². The van der Waals surface area contributed by atoms with Crippen molar-refractivity contribution in [2.75, 3.05) is 6.61 Å². The molecule has 1 aromatic rings. The lowest BCUT2D eigenvalue weighted by Gasteiger charge is -2.12. The molecule has 1 aromatic carbocycles. The molecular formula is C12H10ClF2NO3. The van der Waals surface area contributed by atoms with Crippen molar-refractivity contribution in [1.82, 2.24) is 0 Å². The SMILES string of the molecule is CCOC(=O)c1cc(OC(F)F)c(CCl)cc1C#N. The van der Waals surface area contributed by atoms with Crippen LogP contribution in [0, 0.1) is 11.3 Å². The van der Waals surface area contributed by atoms with Gasteiger partial charge in [0.15, 0.2) is 0 Å². The Kier molecular flexibility index (Phi) is 5.52. The van der Waals surface area contributed by atoms with E-state index in [0.717, 1.165) is 6.07 Å². The van der Waals surface area contributed by atoms with Gasteiger partial charge in [-0.25, -0.2) is 4.79 Å². The number of benzene rings is 1. The fourth-order valence-electron chi connectivity index (χ4n) is 1.40. The molecule has 0 atom stereocenters. The summed E-state index contributed by atoms with van der Waals surface area (Å²) in [4.78, 5) is 11.6. The average Bonchev–Trinajstić information content (AvgIpc) is 2.37. The summed E-state index contributed by atoms with van der Waals surface area (Å²) < 4.78 is 33.5. The monoisotopic (exact) mass is 289 g/mol. The standard InChI is InChI=1S/C12H10ClF2NO3/c1-2-18-11(17)9-4-10(19-12(14)15)7(5-13)3-8(9)6-16/h3-4,12H,2,5H2,1H3. The van der Waals surface area contributed by atoms with Crippen LogP contribution < -0.4 is 4.74 Å². The second kappa shape index (κ2) is 6.90. The topological polar surface area (TPSA) is 59.3 Å². The molecule has 102 valence electrons. The van der Waals surface area contributed by atoms with Gasteiger partial charge in [0.1, 0.15) is 11.8 Å². The second-order valence-corrected chi connectivity index (χ2v) is 3.62. The largest absolute Gasteiger partial charge is 0.462 e. The van der Waals surface area contributed by atoms with Gasteiger partial charge in [-0.05, 0) is 19.1 Å². The minimum atomic E-state index is -3.05. The zero-order valence-electron chi connectivity index (χ0n) is 9.95. The molecule has 0 aromatic heterocycles. The highest BCUT2D eigenvalue weighted by Crippen LogP contribution is 2.27. The van der Waals surface area contributed by atoms with E-state index in [1.54, 1.807) is 13.0 Å². The van der Waals surface area contributed by atoms with E-state index in [0.29, 0.717) is 0 Å². The van der Waals surface area contributed by atoms with Crippen molar-refractivity contribution in [3.05, 3.63) is 28.8 Å². The van der Waals surface area contributed by atoms with Crippen molar-refractivity contribution >= 4 is 17.6 Å². The number of halogens is 3. The third-order valence-corrected chi connectivity index (χ3v) is 2.46. The van der Waals surface area contributed by atoms with E-state index in [4.69, 9.17) is 21.6 Å². The van der Waals surface area contributed by atoms with Crippen LogP contribution in [0.4, 0.5) is 8.78 Å². The molecule has 0 heterocycles. The first kappa shape index (κ1) is 15.2. The number of nitrogens with zero attached hydrogens (tertiary/aromatic N) is 1. The number of alkyl halides is 3. The Labute approximate surface area is 113 Å². The summed E-state index contributed by atoms with van der Waals surface area (Å²) in [6.07, 6.45) is 0. The van der Waals surface area contributed by atoms with Gasteiger partial charge in [-0.15, -0.1) is 11.6 Å². The van der Waals surface area contributed by atoms with Gasteiger partial charge in [0.2, 0.25) is 0 Å². The fraction of sp³-hybridized carbons (Fsp3) is 0.333. The Hall–Kier alpha value is -1.87. The average molecular weight is 290 g/mol. The van der Waals surface area contributed by atoms with Crippen molar-refractivity contribution in [2.24, 2.45) is 0 Å². The third kappa shape index (κ3) is 3.80. The number of ether oxygens (including phenoxy) is 2. The van der Waals surface area contributed by atoms with Crippen molar-refractivity contribution in [2.45, 2.75) is 19.4 Å². The molecule has 0 saturated carbocycles. The van der Waals surface area contributed by atoms with E-state index in [2.05, 4.69) is 4.74 Å². The molecule has 0 spiro atoms. The summed E-state index contributed by atoms with van der Waals surface area (Å²) >= 11 is 5.59. The maximum absolute atomic E-state index is 12.3. The second-order valence-electron chi connectivity index (χ2n) is 3.35. The summed E-state index contributed by atoms with van der Waals surface area (Å²) in [7, 11) is 0. The molecule has 4 nitrogen and oxygen atoms in total. The molecular weight excluding hydrogens is 280 g/mol. The zero-order chi connectivity index (χ0) is 14.4. The lowest BCUT2D eigenvalue weighted by molar-refractivity contribution is -0.0504. The number of rotatable bonds is 5. The van der Waals surface area contributed by atoms with Crippen molar-refractivity contribution in [1.29, 1.82) is 5.26 Å². The Morgan fingerprint density at radius 3 is 2.68 bits per heavy atom. The van der Waals surface area contributed by atoms with Gasteiger partial charge in [0.05, 0.1) is 23.6 Å². The summed E-state index contributed by atoms with van der Waals surface area (Å²) in [6.45, 7) is -1.36. The molecule has 0 radical (unpaired) electrons. The third-order valence-electron chi connectivity index (χ3n) is 2.18. The van der Waals surface area contributed by atoms with Crippen LogP contribution in [0.15, 0.2) is 12.1 Å². The summed E-state index contributed by atoms with van der Waals surface area (Å²) in [5.41, 5.74) is 0.0659. The highest BCUT2D eigenvalue weighted by Gasteiger charge is 2.19. The number of carbonyl (C=O) groups excluding carboxylic acids is 1. The molecule has 0 bridgehead atoms. The molecule has 0 amide bonds. The first-order chi connectivity index (χ1) is 9.03. The molecule has 0 aliphatic carbocycles. The molecule has 0 N–H and O–H groups in total. The van der Waals surface area contributed by atoms with Crippen molar-refractivity contribution < 1.29 is 23.0 Å². The van der Waals surface area contributed by atoms with E-state index < -0.39 is 12.6 Å². The zero-order valence-corrected chi connectivity index (χ0v) is 10.7. The first-order valence-corrected chi connectivity index (χ1v) is 5.81. The van der Waals surface area contributed by atoms with Crippen LogP contribution in [-0.4, -0.2) is 19.2 Å². The molecule has 7 heteroatoms. The van der Waals surface area contributed by atoms with E-state index in [9.17, 15) is 13.6 Å². The van der Waals surface area contributed by atoms with Crippen LogP contribution >= 0.6 is 11.6 Å². The van der Waals surface area contributed by atoms with Crippen LogP contribution in [0.3, 0.4) is 0 Å². The lowest BCUT2D eigenvalue weighted by Crippen LogP contribution is -2.10. The smallest absolute Gasteiger partial charge is 0.387 e. The van der Waals surface area contributed by atoms with Crippen LogP contribution in [0.25, 0.3) is 0 Å². The predicted octanol–water partition coefficient (Wildman–Crippen LogP) is 3.08. The molecule has 0 fully saturated rings. The van der Waals surface area contributed by atoms with Crippen LogP contribution in [-0.2, 0) is 10.6 Å². The minimum absolute atomic E-state index is 0.00397. The van der Waals surface area contributed by atoms with Gasteiger partial charge in [0.25, 0.3) is 0 Å². The molecule has 0 aliphatic rings. The minimum Gasteiger partial charge on any atom is -0.462 e. The number of esters is 1. The summed E-state index contributed by atoms with van der Waals surface area (Å²) in [5.74, 6) is -1.15. The van der Waals surface area contributed by atoms with E-state index >= 15 is 0 Å². The first-order valence-electron chi connectivity index (χ1n) is 5.28. The normalized spacial score (nSPS) is 10.1. The highest BCUT2D eigenvalue weighted by molar-refractivity contribution is 6.17. The van der Waals surface area contributed by atoms with Crippen molar-refractivity contribution in [3.63, 3.8) is 0 Å². The molecule has 0 aliphatic heterocycles. The summed E-state index contributed by atoms with van der Waals surface area (Å²) in [6, 6.07) is 4.06. The van der Waals surface area contributed by atoms with Gasteiger partial charge in [0, 0.05) is 5.56 Å². The van der Waals surface area contributed by atoms with E-state index in [1.165, 1.54) is 6.07 Å². The molecule has 0 unspecified atom stereocenters. The maximum atomic E-state index is 12.3. The highest BCUT2D eigenvalue weighted by atomic mass is 35.5. The van der Waals surface area contributed by atoms with Crippen LogP contribution in [0.2, 0.25) is 0 Å². The number of hydrogen-bond acceptors (Lipinski definition) is 4. The van der Waals surface area contributed by atoms with Gasteiger partial charge < -0.3 is 9.47 Å². The molecule has 19 heavy (non-hydrogen) atoms. The van der Waals surface area contributed by atoms with Gasteiger partial charge in [-0.1, -0.05) is 0 Å². The van der Waals surface area contributed by atoms with E-state index in [-0.39, 0.29) is 34.9 Å². The van der Waals surface area contributed by atoms with Crippen molar-refractivity contribution in [3.8, 4) is 11.8 Å². The van der Waals surface area contributed by atoms with E-state index in [1.807, 2.05) is 0 Å². The fourth-order valence-corrected chi connectivity index (χ4v) is 1.61. The predicted molar refractivity (Wildman–Crippen MR) is 63.3 cm³/mol. The molecule has 1 rings (SSSR count). The quantitative estimate of drug-likeness (QED) is 0.617. The van der Waals surface area contributed by atoms with Gasteiger partial charge in [-0.2, -0.15) is 14.0 Å². The van der Waals surface area contributed by atoms with Crippen LogP contribution in [0.1, 0.15) is 28.4 Å².